The van der Waals surface area contributed by atoms with Crippen LogP contribution >= 0.6 is 11.3 Å². The first-order chi connectivity index (χ1) is 27.2. The van der Waals surface area contributed by atoms with E-state index >= 15 is 0 Å². The van der Waals surface area contributed by atoms with Crippen LogP contribution in [0.2, 0.25) is 0 Å². The van der Waals surface area contributed by atoms with Gasteiger partial charge in [-0.25, -0.2) is 4.98 Å². The lowest BCUT2D eigenvalue weighted by atomic mass is 9.96. The van der Waals surface area contributed by atoms with E-state index in [0.29, 0.717) is 5.89 Å². The minimum atomic E-state index is 0.577. The van der Waals surface area contributed by atoms with Crippen molar-refractivity contribution in [3.05, 3.63) is 188 Å². The van der Waals surface area contributed by atoms with Crippen LogP contribution in [0.3, 0.4) is 0 Å². The standard InChI is InChI=1S/C50H31N3OS/c1-2-9-33(10-3-1)40-12-4-6-14-45(40)53(39-24-27-47-43(30-39)42-13-5-7-15-46(42)55-47)38-22-18-32(19-23-38)35-20-25-41-36(29-35)17-16-34-21-26-44-49(48(34)41)54-50(52-44)37-11-8-28-51-31-37/h1-31H. The van der Waals surface area contributed by atoms with Crippen molar-refractivity contribution in [2.24, 2.45) is 0 Å². The number of benzene rings is 8. The van der Waals surface area contributed by atoms with Gasteiger partial charge in [0.15, 0.2) is 5.58 Å². The summed E-state index contributed by atoms with van der Waals surface area (Å²) in [7, 11) is 0. The molecule has 0 bridgehead atoms. The topological polar surface area (TPSA) is 42.2 Å². The zero-order valence-corrected chi connectivity index (χ0v) is 30.4. The molecule has 11 aromatic rings. The minimum Gasteiger partial charge on any atom is -0.435 e. The smallest absolute Gasteiger partial charge is 0.228 e. The predicted octanol–water partition coefficient (Wildman–Crippen LogP) is 14.4. The van der Waals surface area contributed by atoms with E-state index in [1.165, 1.54) is 31.3 Å². The monoisotopic (exact) mass is 721 g/mol. The van der Waals surface area contributed by atoms with Crippen LogP contribution in [0.5, 0.6) is 0 Å². The molecule has 0 aliphatic heterocycles. The van der Waals surface area contributed by atoms with Gasteiger partial charge in [-0.15, -0.1) is 11.3 Å². The van der Waals surface area contributed by atoms with Gasteiger partial charge in [-0.05, 0) is 99.6 Å². The molecular formula is C50H31N3OS. The molecule has 5 heteroatoms. The van der Waals surface area contributed by atoms with E-state index in [2.05, 4.69) is 168 Å². The van der Waals surface area contributed by atoms with Gasteiger partial charge in [0.2, 0.25) is 5.89 Å². The highest BCUT2D eigenvalue weighted by Crippen LogP contribution is 2.44. The van der Waals surface area contributed by atoms with Gasteiger partial charge < -0.3 is 9.32 Å². The number of fused-ring (bicyclic) bond motifs is 8. The number of aromatic nitrogens is 2. The Kier molecular flexibility index (Phi) is 7.32. The largest absolute Gasteiger partial charge is 0.435 e. The van der Waals surface area contributed by atoms with Gasteiger partial charge in [-0.3, -0.25) is 4.98 Å². The van der Waals surface area contributed by atoms with Crippen molar-refractivity contribution in [2.45, 2.75) is 0 Å². The average Bonchev–Trinajstić information content (AvgIpc) is 3.87. The van der Waals surface area contributed by atoms with Crippen LogP contribution in [0.25, 0.3) is 86.5 Å². The van der Waals surface area contributed by atoms with Crippen molar-refractivity contribution in [3.8, 4) is 33.7 Å². The van der Waals surface area contributed by atoms with Crippen molar-refractivity contribution in [2.75, 3.05) is 4.90 Å². The van der Waals surface area contributed by atoms with Gasteiger partial charge in [-0.1, -0.05) is 109 Å². The third-order valence-electron chi connectivity index (χ3n) is 10.6. The van der Waals surface area contributed by atoms with Gasteiger partial charge in [0.25, 0.3) is 0 Å². The van der Waals surface area contributed by atoms with Crippen LogP contribution in [-0.4, -0.2) is 9.97 Å². The summed E-state index contributed by atoms with van der Waals surface area (Å²) in [6, 6.07) is 63.0. The van der Waals surface area contributed by atoms with E-state index < -0.39 is 0 Å². The van der Waals surface area contributed by atoms with E-state index in [1.807, 2.05) is 29.5 Å². The quantitative estimate of drug-likeness (QED) is 0.160. The first-order valence-electron chi connectivity index (χ1n) is 18.4. The fourth-order valence-corrected chi connectivity index (χ4v) is 9.02. The molecule has 3 heterocycles. The van der Waals surface area contributed by atoms with Crippen LogP contribution in [0, 0.1) is 0 Å². The zero-order valence-electron chi connectivity index (χ0n) is 29.6. The Bertz CT molecular complexity index is 3200. The number of hydrogen-bond donors (Lipinski definition) is 0. The normalized spacial score (nSPS) is 11.6. The molecule has 8 aromatic carbocycles. The third kappa shape index (κ3) is 5.36. The molecule has 3 aromatic heterocycles. The lowest BCUT2D eigenvalue weighted by Crippen LogP contribution is -2.11. The summed E-state index contributed by atoms with van der Waals surface area (Å²) in [5, 5.41) is 7.04. The third-order valence-corrected chi connectivity index (χ3v) is 11.7. The van der Waals surface area contributed by atoms with Gasteiger partial charge in [0, 0.05) is 54.9 Å². The maximum Gasteiger partial charge on any atom is 0.228 e. The lowest BCUT2D eigenvalue weighted by molar-refractivity contribution is 0.623. The maximum atomic E-state index is 6.42. The van der Waals surface area contributed by atoms with Crippen LogP contribution in [0.4, 0.5) is 17.1 Å². The molecule has 0 saturated carbocycles. The van der Waals surface area contributed by atoms with Crippen molar-refractivity contribution < 1.29 is 4.42 Å². The van der Waals surface area contributed by atoms with Crippen molar-refractivity contribution >= 4 is 81.2 Å². The van der Waals surface area contributed by atoms with Gasteiger partial charge in [0.05, 0.1) is 11.3 Å². The summed E-state index contributed by atoms with van der Waals surface area (Å²) in [5.41, 5.74) is 10.5. The van der Waals surface area contributed by atoms with Crippen molar-refractivity contribution in [1.82, 2.24) is 9.97 Å². The number of para-hydroxylation sites is 1. The first-order valence-corrected chi connectivity index (χ1v) is 19.2. The summed E-state index contributed by atoms with van der Waals surface area (Å²) >= 11 is 1.85. The number of pyridine rings is 1. The fraction of sp³-hybridized carbons (Fsp3) is 0. The summed E-state index contributed by atoms with van der Waals surface area (Å²) in [5.74, 6) is 0.577. The molecule has 0 aliphatic rings. The molecular weight excluding hydrogens is 691 g/mol. The number of oxazole rings is 1. The van der Waals surface area contributed by atoms with Crippen molar-refractivity contribution in [3.63, 3.8) is 0 Å². The summed E-state index contributed by atoms with van der Waals surface area (Å²) in [6.07, 6.45) is 3.54. The Hall–Kier alpha value is -7.08. The maximum absolute atomic E-state index is 6.42. The van der Waals surface area contributed by atoms with E-state index in [1.54, 1.807) is 12.4 Å². The minimum absolute atomic E-state index is 0.577. The Morgan fingerprint density at radius 3 is 2.13 bits per heavy atom. The lowest BCUT2D eigenvalue weighted by Gasteiger charge is -2.28. The number of anilines is 3. The van der Waals surface area contributed by atoms with Crippen LogP contribution in [0.1, 0.15) is 0 Å². The van der Waals surface area contributed by atoms with E-state index in [4.69, 9.17) is 9.40 Å². The molecule has 0 N–H and O–H groups in total. The molecule has 11 rings (SSSR count). The Morgan fingerprint density at radius 1 is 0.491 bits per heavy atom. The molecule has 0 spiro atoms. The molecule has 0 radical (unpaired) electrons. The molecule has 0 aliphatic carbocycles. The molecule has 258 valence electrons. The highest BCUT2D eigenvalue weighted by atomic mass is 32.1. The van der Waals surface area contributed by atoms with Gasteiger partial charge >= 0.3 is 0 Å². The Balaban J connectivity index is 1.02. The number of thiophene rings is 1. The van der Waals surface area contributed by atoms with E-state index in [0.717, 1.165) is 66.4 Å². The Labute approximate surface area is 321 Å². The summed E-state index contributed by atoms with van der Waals surface area (Å²) < 4.78 is 9.01. The zero-order chi connectivity index (χ0) is 36.3. The molecule has 0 atom stereocenters. The van der Waals surface area contributed by atoms with Crippen molar-refractivity contribution in [1.29, 1.82) is 0 Å². The number of nitrogens with zero attached hydrogens (tertiary/aromatic N) is 3. The molecule has 0 fully saturated rings. The SMILES string of the molecule is c1ccc(-c2ccccc2N(c2ccc(-c3ccc4c(ccc5ccc6nc(-c7cccnc7)oc6c54)c3)cc2)c2ccc3sc4ccccc4c3c2)cc1. The molecule has 55 heavy (non-hydrogen) atoms. The van der Waals surface area contributed by atoms with E-state index in [-0.39, 0.29) is 0 Å². The average molecular weight is 722 g/mol. The summed E-state index contributed by atoms with van der Waals surface area (Å²) in [6.45, 7) is 0. The molecule has 0 unspecified atom stereocenters. The highest BCUT2D eigenvalue weighted by Gasteiger charge is 2.19. The second-order valence-electron chi connectivity index (χ2n) is 13.8. The molecule has 0 saturated heterocycles. The van der Waals surface area contributed by atoms with Gasteiger partial charge in [0.1, 0.15) is 5.52 Å². The Morgan fingerprint density at radius 2 is 1.24 bits per heavy atom. The molecule has 0 amide bonds. The number of hydrogen-bond acceptors (Lipinski definition) is 5. The highest BCUT2D eigenvalue weighted by molar-refractivity contribution is 7.25. The predicted molar refractivity (Wildman–Crippen MR) is 231 cm³/mol. The van der Waals surface area contributed by atoms with E-state index in [9.17, 15) is 0 Å². The number of rotatable bonds is 6. The van der Waals surface area contributed by atoms with Crippen LogP contribution < -0.4 is 4.90 Å². The molecule has 4 nitrogen and oxygen atoms in total. The van der Waals surface area contributed by atoms with Gasteiger partial charge in [-0.2, -0.15) is 0 Å². The second kappa shape index (κ2) is 12.8. The fourth-order valence-electron chi connectivity index (χ4n) is 7.94. The van der Waals surface area contributed by atoms with Crippen LogP contribution in [-0.2, 0) is 0 Å². The second-order valence-corrected chi connectivity index (χ2v) is 14.9. The summed E-state index contributed by atoms with van der Waals surface area (Å²) in [4.78, 5) is 11.5. The van der Waals surface area contributed by atoms with Crippen LogP contribution in [0.15, 0.2) is 193 Å². The first kappa shape index (κ1) is 31.4.